The van der Waals surface area contributed by atoms with Crippen LogP contribution in [0.2, 0.25) is 0 Å². The Hall–Kier alpha value is -1.52. The summed E-state index contributed by atoms with van der Waals surface area (Å²) in [7, 11) is 0. The number of hydrogen-bond acceptors (Lipinski definition) is 4. The van der Waals surface area contributed by atoms with Gasteiger partial charge in [0, 0.05) is 6.92 Å². The molecule has 0 radical (unpaired) electrons. The molecule has 0 unspecified atom stereocenters. The normalized spacial score (nSPS) is 11.6. The molecule has 74 valence electrons. The van der Waals surface area contributed by atoms with Gasteiger partial charge in [-0.15, -0.1) is 0 Å². The molecule has 0 aromatic carbocycles. The molecule has 0 atom stereocenters. The highest BCUT2D eigenvalue weighted by atomic mass is 16.5. The van der Waals surface area contributed by atoms with Crippen LogP contribution in [0, 0.1) is 0 Å². The second-order valence-corrected chi connectivity index (χ2v) is 2.36. The summed E-state index contributed by atoms with van der Waals surface area (Å²) in [6.07, 6.45) is 0. The molecule has 0 rings (SSSR count). The van der Waals surface area contributed by atoms with Crippen molar-refractivity contribution in [1.82, 2.24) is 5.32 Å². The molecule has 0 aliphatic rings. The number of nitrogens with one attached hydrogen (secondary N) is 1. The average molecular weight is 187 g/mol. The van der Waals surface area contributed by atoms with E-state index in [-0.39, 0.29) is 18.1 Å². The number of carbonyl (C=O) groups excluding carboxylic acids is 2. The molecule has 0 heterocycles. The first-order chi connectivity index (χ1) is 5.99. The Morgan fingerprint density at radius 1 is 1.38 bits per heavy atom. The minimum atomic E-state index is -0.738. The summed E-state index contributed by atoms with van der Waals surface area (Å²) >= 11 is 0. The van der Waals surface area contributed by atoms with Crippen molar-refractivity contribution in [2.24, 2.45) is 0 Å². The molecule has 5 nitrogen and oxygen atoms in total. The van der Waals surface area contributed by atoms with Gasteiger partial charge in [-0.2, -0.15) is 0 Å². The molecule has 0 saturated carbocycles. The number of aliphatic hydroxyl groups excluding tert-OH is 1. The molecule has 0 aromatic rings. The van der Waals surface area contributed by atoms with E-state index in [9.17, 15) is 9.59 Å². The molecular formula is C8H13NO4. The zero-order valence-electron chi connectivity index (χ0n) is 7.88. The maximum Gasteiger partial charge on any atom is 0.358 e. The van der Waals surface area contributed by atoms with Crippen LogP contribution < -0.4 is 5.32 Å². The quantitative estimate of drug-likeness (QED) is 0.382. The third-order valence-corrected chi connectivity index (χ3v) is 1.14. The van der Waals surface area contributed by atoms with Crippen molar-refractivity contribution in [3.05, 3.63) is 11.5 Å². The predicted octanol–water partition coefficient (Wildman–Crippen LogP) is 0.475. The number of hydrogen-bond donors (Lipinski definition) is 2. The van der Waals surface area contributed by atoms with Crippen LogP contribution in [-0.4, -0.2) is 23.6 Å². The molecule has 0 aliphatic heterocycles. The monoisotopic (exact) mass is 187 g/mol. The van der Waals surface area contributed by atoms with Gasteiger partial charge in [0.05, 0.1) is 6.61 Å². The summed E-state index contributed by atoms with van der Waals surface area (Å²) in [6.45, 7) is 4.36. The lowest BCUT2D eigenvalue weighted by molar-refractivity contribution is -0.140. The highest BCUT2D eigenvalue weighted by molar-refractivity contribution is 5.93. The van der Waals surface area contributed by atoms with Gasteiger partial charge in [-0.25, -0.2) is 4.79 Å². The second kappa shape index (κ2) is 5.18. The molecule has 0 fully saturated rings. The number of ether oxygens (including phenoxy) is 1. The zero-order chi connectivity index (χ0) is 10.4. The number of esters is 1. The van der Waals surface area contributed by atoms with E-state index in [1.807, 2.05) is 0 Å². The SMILES string of the molecule is CCOC(=O)/C(NC(C)=O)=C(/C)O. The van der Waals surface area contributed by atoms with E-state index in [1.54, 1.807) is 6.92 Å². The lowest BCUT2D eigenvalue weighted by atomic mass is 10.3. The summed E-state index contributed by atoms with van der Waals surface area (Å²) in [5.41, 5.74) is -0.214. The highest BCUT2D eigenvalue weighted by Gasteiger charge is 2.14. The van der Waals surface area contributed by atoms with E-state index >= 15 is 0 Å². The molecule has 0 aliphatic carbocycles. The third kappa shape index (κ3) is 4.15. The molecule has 0 spiro atoms. The van der Waals surface area contributed by atoms with Crippen LogP contribution in [0.4, 0.5) is 0 Å². The largest absolute Gasteiger partial charge is 0.510 e. The van der Waals surface area contributed by atoms with Gasteiger partial charge < -0.3 is 15.2 Å². The van der Waals surface area contributed by atoms with E-state index in [0.29, 0.717) is 0 Å². The summed E-state index contributed by atoms with van der Waals surface area (Å²) in [6, 6.07) is 0. The van der Waals surface area contributed by atoms with Crippen molar-refractivity contribution in [3.63, 3.8) is 0 Å². The first kappa shape index (κ1) is 11.5. The first-order valence-corrected chi connectivity index (χ1v) is 3.83. The lowest BCUT2D eigenvalue weighted by Crippen LogP contribution is -2.27. The van der Waals surface area contributed by atoms with Crippen LogP contribution in [0.1, 0.15) is 20.8 Å². The number of amides is 1. The predicted molar refractivity (Wildman–Crippen MR) is 45.8 cm³/mol. The van der Waals surface area contributed by atoms with Crippen LogP contribution in [0.5, 0.6) is 0 Å². The van der Waals surface area contributed by atoms with Crippen molar-refractivity contribution >= 4 is 11.9 Å². The van der Waals surface area contributed by atoms with E-state index in [2.05, 4.69) is 10.1 Å². The minimum absolute atomic E-state index is 0.190. The molecule has 0 saturated heterocycles. The number of aliphatic hydroxyl groups is 1. The van der Waals surface area contributed by atoms with Crippen molar-refractivity contribution < 1.29 is 19.4 Å². The van der Waals surface area contributed by atoms with Crippen LogP contribution in [0.25, 0.3) is 0 Å². The zero-order valence-corrected chi connectivity index (χ0v) is 7.88. The fourth-order valence-corrected chi connectivity index (χ4v) is 0.668. The molecule has 1 amide bonds. The molecule has 2 N–H and O–H groups in total. The maximum absolute atomic E-state index is 11.1. The van der Waals surface area contributed by atoms with Crippen molar-refractivity contribution in [2.75, 3.05) is 6.61 Å². The van der Waals surface area contributed by atoms with E-state index in [0.717, 1.165) is 0 Å². The van der Waals surface area contributed by atoms with Crippen molar-refractivity contribution in [2.45, 2.75) is 20.8 Å². The molecule has 0 bridgehead atoms. The molecule has 5 heteroatoms. The Bertz CT molecular complexity index is 241. The minimum Gasteiger partial charge on any atom is -0.510 e. The summed E-state index contributed by atoms with van der Waals surface area (Å²) in [5.74, 6) is -1.44. The third-order valence-electron chi connectivity index (χ3n) is 1.14. The fraction of sp³-hybridized carbons (Fsp3) is 0.500. The van der Waals surface area contributed by atoms with Gasteiger partial charge >= 0.3 is 5.97 Å². The number of allylic oxidation sites excluding steroid dienone is 1. The topological polar surface area (TPSA) is 75.6 Å². The Balaban J connectivity index is 4.54. The Morgan fingerprint density at radius 2 is 1.92 bits per heavy atom. The Kier molecular flexibility index (Phi) is 4.58. The van der Waals surface area contributed by atoms with Crippen LogP contribution >= 0.6 is 0 Å². The van der Waals surface area contributed by atoms with Crippen LogP contribution in [0.3, 0.4) is 0 Å². The first-order valence-electron chi connectivity index (χ1n) is 3.83. The standard InChI is InChI=1S/C8H13NO4/c1-4-13-8(12)7(5(2)10)9-6(3)11/h10H,4H2,1-3H3,(H,9,11)/b7-5+. The second-order valence-electron chi connectivity index (χ2n) is 2.36. The van der Waals surface area contributed by atoms with Crippen molar-refractivity contribution in [3.8, 4) is 0 Å². The Morgan fingerprint density at radius 3 is 2.23 bits per heavy atom. The van der Waals surface area contributed by atoms with E-state index < -0.39 is 11.9 Å². The smallest absolute Gasteiger partial charge is 0.358 e. The average Bonchev–Trinajstić information content (AvgIpc) is 1.99. The molecule has 13 heavy (non-hydrogen) atoms. The van der Waals surface area contributed by atoms with Gasteiger partial charge in [0.25, 0.3) is 0 Å². The van der Waals surface area contributed by atoms with Gasteiger partial charge in [-0.3, -0.25) is 4.79 Å². The van der Waals surface area contributed by atoms with Crippen molar-refractivity contribution in [1.29, 1.82) is 0 Å². The number of carbonyl (C=O) groups is 2. The van der Waals surface area contributed by atoms with E-state index in [4.69, 9.17) is 5.11 Å². The summed E-state index contributed by atoms with van der Waals surface area (Å²) in [4.78, 5) is 21.7. The summed E-state index contributed by atoms with van der Waals surface area (Å²) in [5, 5.41) is 11.2. The van der Waals surface area contributed by atoms with Gasteiger partial charge in [0.2, 0.25) is 5.91 Å². The van der Waals surface area contributed by atoms with Gasteiger partial charge in [-0.1, -0.05) is 0 Å². The Labute approximate surface area is 76.4 Å². The molecular weight excluding hydrogens is 174 g/mol. The van der Waals surface area contributed by atoms with Gasteiger partial charge in [-0.05, 0) is 13.8 Å². The number of rotatable bonds is 3. The van der Waals surface area contributed by atoms with Crippen LogP contribution in [-0.2, 0) is 14.3 Å². The lowest BCUT2D eigenvalue weighted by Gasteiger charge is -2.07. The van der Waals surface area contributed by atoms with Gasteiger partial charge in [0.1, 0.15) is 5.76 Å². The van der Waals surface area contributed by atoms with E-state index in [1.165, 1.54) is 13.8 Å². The fourth-order valence-electron chi connectivity index (χ4n) is 0.668. The summed E-state index contributed by atoms with van der Waals surface area (Å²) < 4.78 is 4.59. The highest BCUT2D eigenvalue weighted by Crippen LogP contribution is 1.99. The maximum atomic E-state index is 11.1. The molecule has 0 aromatic heterocycles. The van der Waals surface area contributed by atoms with Gasteiger partial charge in [0.15, 0.2) is 5.70 Å². The van der Waals surface area contributed by atoms with Crippen LogP contribution in [0.15, 0.2) is 11.5 Å².